The van der Waals surface area contributed by atoms with Crippen LogP contribution in [0.3, 0.4) is 0 Å². The van der Waals surface area contributed by atoms with Crippen LogP contribution in [-0.4, -0.2) is 20.1 Å². The van der Waals surface area contributed by atoms with E-state index < -0.39 is 0 Å². The van der Waals surface area contributed by atoms with E-state index in [4.69, 9.17) is 9.47 Å². The predicted octanol–water partition coefficient (Wildman–Crippen LogP) is 3.83. The Bertz CT molecular complexity index is 650. The first-order valence-corrected chi connectivity index (χ1v) is 7.64. The van der Waals surface area contributed by atoms with Crippen LogP contribution in [0.4, 0.5) is 0 Å². The number of rotatable bonds is 6. The van der Waals surface area contributed by atoms with Crippen molar-refractivity contribution < 1.29 is 14.3 Å². The molecule has 2 rings (SSSR count). The molecule has 0 heterocycles. The fourth-order valence-electron chi connectivity index (χ4n) is 2.44. The molecule has 0 aromatic heterocycles. The quantitative estimate of drug-likeness (QED) is 0.881. The lowest BCUT2D eigenvalue weighted by Crippen LogP contribution is -2.31. The molecule has 4 heteroatoms. The van der Waals surface area contributed by atoms with Crippen molar-refractivity contribution in [1.82, 2.24) is 5.32 Å². The van der Waals surface area contributed by atoms with Gasteiger partial charge in [-0.25, -0.2) is 0 Å². The van der Waals surface area contributed by atoms with Crippen molar-refractivity contribution in [3.8, 4) is 11.5 Å². The highest BCUT2D eigenvalue weighted by molar-refractivity contribution is 5.94. The van der Waals surface area contributed by atoms with Crippen molar-refractivity contribution >= 4 is 5.91 Å². The Morgan fingerprint density at radius 3 is 2.17 bits per heavy atom. The fourth-order valence-corrected chi connectivity index (χ4v) is 2.44. The summed E-state index contributed by atoms with van der Waals surface area (Å²) in [5.74, 6) is 1.62. The van der Waals surface area contributed by atoms with Gasteiger partial charge in [-0.05, 0) is 41.8 Å². The molecule has 23 heavy (non-hydrogen) atoms. The first kappa shape index (κ1) is 16.9. The number of carbonyl (C=O) groups excluding carboxylic acids is 1. The second-order valence-electron chi connectivity index (χ2n) is 5.70. The summed E-state index contributed by atoms with van der Waals surface area (Å²) in [7, 11) is 3.23. The normalized spacial score (nSPS) is 11.9. The van der Waals surface area contributed by atoms with Crippen molar-refractivity contribution in [1.29, 1.82) is 0 Å². The van der Waals surface area contributed by atoms with E-state index in [0.29, 0.717) is 11.3 Å². The molecule has 1 N–H and O–H groups in total. The summed E-state index contributed by atoms with van der Waals surface area (Å²) in [5, 5.41) is 3.10. The van der Waals surface area contributed by atoms with E-state index in [9.17, 15) is 4.79 Å². The molecule has 1 amide bonds. The molecular formula is C19H23NO3. The Hall–Kier alpha value is -2.49. The van der Waals surface area contributed by atoms with Crippen molar-refractivity contribution in [2.45, 2.75) is 19.9 Å². The molecule has 0 fully saturated rings. The summed E-state index contributed by atoms with van der Waals surface area (Å²) >= 11 is 0. The van der Waals surface area contributed by atoms with Gasteiger partial charge in [0.1, 0.15) is 11.5 Å². The van der Waals surface area contributed by atoms with Crippen LogP contribution >= 0.6 is 0 Å². The van der Waals surface area contributed by atoms with Gasteiger partial charge in [-0.2, -0.15) is 0 Å². The Kier molecular flexibility index (Phi) is 5.63. The van der Waals surface area contributed by atoms with Crippen LogP contribution in [0.5, 0.6) is 11.5 Å². The largest absolute Gasteiger partial charge is 0.497 e. The Balaban J connectivity index is 2.19. The number of carbonyl (C=O) groups is 1. The van der Waals surface area contributed by atoms with Crippen LogP contribution < -0.4 is 14.8 Å². The van der Waals surface area contributed by atoms with E-state index >= 15 is 0 Å². The fraction of sp³-hybridized carbons (Fsp3) is 0.316. The molecule has 2 aromatic carbocycles. The van der Waals surface area contributed by atoms with E-state index in [1.807, 2.05) is 36.4 Å². The average Bonchev–Trinajstić information content (AvgIpc) is 2.59. The minimum Gasteiger partial charge on any atom is -0.497 e. The zero-order valence-electron chi connectivity index (χ0n) is 14.0. The zero-order chi connectivity index (χ0) is 16.8. The van der Waals surface area contributed by atoms with Crippen LogP contribution in [0.25, 0.3) is 0 Å². The van der Waals surface area contributed by atoms with Gasteiger partial charge >= 0.3 is 0 Å². The second kappa shape index (κ2) is 7.68. The SMILES string of the molecule is COc1ccc([C@@H](NC(=O)c2cccc(OC)c2)C(C)C)cc1. The van der Waals surface area contributed by atoms with Crippen LogP contribution in [0.2, 0.25) is 0 Å². The number of hydrogen-bond acceptors (Lipinski definition) is 3. The van der Waals surface area contributed by atoms with Gasteiger partial charge in [-0.3, -0.25) is 4.79 Å². The lowest BCUT2D eigenvalue weighted by Gasteiger charge is -2.23. The Morgan fingerprint density at radius 2 is 1.61 bits per heavy atom. The smallest absolute Gasteiger partial charge is 0.251 e. The Morgan fingerprint density at radius 1 is 0.957 bits per heavy atom. The highest BCUT2D eigenvalue weighted by Gasteiger charge is 2.19. The van der Waals surface area contributed by atoms with Gasteiger partial charge in [-0.1, -0.05) is 32.0 Å². The molecule has 122 valence electrons. The third kappa shape index (κ3) is 4.25. The highest BCUT2D eigenvalue weighted by atomic mass is 16.5. The molecule has 2 aromatic rings. The van der Waals surface area contributed by atoms with E-state index in [1.54, 1.807) is 26.4 Å². The highest BCUT2D eigenvalue weighted by Crippen LogP contribution is 2.24. The molecule has 0 spiro atoms. The van der Waals surface area contributed by atoms with Crippen molar-refractivity contribution in [2.24, 2.45) is 5.92 Å². The van der Waals surface area contributed by atoms with Crippen molar-refractivity contribution in [3.05, 3.63) is 59.7 Å². The summed E-state index contributed by atoms with van der Waals surface area (Å²) in [4.78, 5) is 12.5. The number of nitrogens with one attached hydrogen (secondary N) is 1. The molecule has 0 saturated heterocycles. The maximum atomic E-state index is 12.5. The summed E-state index contributed by atoms with van der Waals surface area (Å²) in [6.45, 7) is 4.17. The molecule has 0 aliphatic carbocycles. The van der Waals surface area contributed by atoms with Crippen LogP contribution in [0.15, 0.2) is 48.5 Å². The molecule has 1 atom stereocenters. The van der Waals surface area contributed by atoms with E-state index in [0.717, 1.165) is 11.3 Å². The van der Waals surface area contributed by atoms with Crippen LogP contribution in [-0.2, 0) is 0 Å². The number of amides is 1. The van der Waals surface area contributed by atoms with E-state index in [1.165, 1.54) is 0 Å². The Labute approximate surface area is 137 Å². The number of ether oxygens (including phenoxy) is 2. The van der Waals surface area contributed by atoms with Gasteiger partial charge in [0.2, 0.25) is 0 Å². The van der Waals surface area contributed by atoms with Gasteiger partial charge in [0, 0.05) is 5.56 Å². The molecule has 0 radical (unpaired) electrons. The number of hydrogen-bond donors (Lipinski definition) is 1. The molecule has 0 aliphatic heterocycles. The van der Waals surface area contributed by atoms with Crippen molar-refractivity contribution in [3.63, 3.8) is 0 Å². The van der Waals surface area contributed by atoms with Gasteiger partial charge in [0.15, 0.2) is 0 Å². The third-order valence-corrected chi connectivity index (χ3v) is 3.76. The maximum absolute atomic E-state index is 12.5. The molecule has 4 nitrogen and oxygen atoms in total. The molecule has 0 bridgehead atoms. The molecule has 0 unspecified atom stereocenters. The molecular weight excluding hydrogens is 290 g/mol. The van der Waals surface area contributed by atoms with Crippen LogP contribution in [0, 0.1) is 5.92 Å². The topological polar surface area (TPSA) is 47.6 Å². The minimum atomic E-state index is -0.113. The first-order valence-electron chi connectivity index (χ1n) is 7.64. The van der Waals surface area contributed by atoms with Gasteiger partial charge in [0.05, 0.1) is 20.3 Å². The number of benzene rings is 2. The zero-order valence-corrected chi connectivity index (χ0v) is 14.0. The summed E-state index contributed by atoms with van der Waals surface area (Å²) < 4.78 is 10.4. The second-order valence-corrected chi connectivity index (χ2v) is 5.70. The first-order chi connectivity index (χ1) is 11.0. The average molecular weight is 313 g/mol. The van der Waals surface area contributed by atoms with E-state index in [2.05, 4.69) is 19.2 Å². The monoisotopic (exact) mass is 313 g/mol. The summed E-state index contributed by atoms with van der Waals surface area (Å²) in [6, 6.07) is 14.9. The van der Waals surface area contributed by atoms with Gasteiger partial charge in [-0.15, -0.1) is 0 Å². The lowest BCUT2D eigenvalue weighted by molar-refractivity contribution is 0.0925. The van der Waals surface area contributed by atoms with E-state index in [-0.39, 0.29) is 17.9 Å². The summed E-state index contributed by atoms with van der Waals surface area (Å²) in [5.41, 5.74) is 1.64. The minimum absolute atomic E-state index is 0.0698. The molecule has 0 aliphatic rings. The molecule has 0 saturated carbocycles. The predicted molar refractivity (Wildman–Crippen MR) is 91.0 cm³/mol. The van der Waals surface area contributed by atoms with Gasteiger partial charge in [0.25, 0.3) is 5.91 Å². The van der Waals surface area contributed by atoms with Crippen molar-refractivity contribution in [2.75, 3.05) is 14.2 Å². The standard InChI is InChI=1S/C19H23NO3/c1-13(2)18(14-8-10-16(22-3)11-9-14)20-19(21)15-6-5-7-17(12-15)23-4/h5-13,18H,1-4H3,(H,20,21)/t18-/m0/s1. The van der Waals surface area contributed by atoms with Gasteiger partial charge < -0.3 is 14.8 Å². The number of methoxy groups -OCH3 is 2. The van der Waals surface area contributed by atoms with Crippen LogP contribution in [0.1, 0.15) is 35.8 Å². The third-order valence-electron chi connectivity index (χ3n) is 3.76. The maximum Gasteiger partial charge on any atom is 0.251 e. The lowest BCUT2D eigenvalue weighted by atomic mass is 9.95. The summed E-state index contributed by atoms with van der Waals surface area (Å²) in [6.07, 6.45) is 0.